The molecule has 128 valence electrons. The average Bonchev–Trinajstić information content (AvgIpc) is 2.72. The molecule has 8 nitrogen and oxygen atoms in total. The molecule has 0 aliphatic carbocycles. The van der Waals surface area contributed by atoms with Gasteiger partial charge in [-0.2, -0.15) is 0 Å². The number of amides is 6. The smallest absolute Gasteiger partial charge is 0.325 e. The SMILES string of the molecule is CCNC(=O)NC(=O)CN1C(=O)N[C@](C)(c2ccc(C)cc2)C1=O. The van der Waals surface area contributed by atoms with Crippen LogP contribution in [0.4, 0.5) is 9.59 Å². The van der Waals surface area contributed by atoms with E-state index in [0.717, 1.165) is 10.5 Å². The fraction of sp³-hybridized carbons (Fsp3) is 0.375. The Labute approximate surface area is 139 Å². The van der Waals surface area contributed by atoms with Crippen molar-refractivity contribution in [2.24, 2.45) is 0 Å². The standard InChI is InChI=1S/C16H20N4O4/c1-4-17-14(23)18-12(21)9-20-13(22)16(3,19-15(20)24)11-7-5-10(2)6-8-11/h5-8H,4,9H2,1-3H3,(H,19,24)(H2,17,18,21,23)/t16-/m1/s1. The summed E-state index contributed by atoms with van der Waals surface area (Å²) in [6.07, 6.45) is 0. The normalized spacial score (nSPS) is 19.9. The lowest BCUT2D eigenvalue weighted by Crippen LogP contribution is -2.46. The number of nitrogens with one attached hydrogen (secondary N) is 3. The number of carbonyl (C=O) groups excluding carboxylic acids is 4. The van der Waals surface area contributed by atoms with Crippen molar-refractivity contribution in [2.75, 3.05) is 13.1 Å². The summed E-state index contributed by atoms with van der Waals surface area (Å²) in [6, 6.07) is 5.84. The van der Waals surface area contributed by atoms with Crippen molar-refractivity contribution in [1.82, 2.24) is 20.9 Å². The van der Waals surface area contributed by atoms with Gasteiger partial charge in [0.2, 0.25) is 5.91 Å². The Balaban J connectivity index is 2.12. The van der Waals surface area contributed by atoms with E-state index in [0.29, 0.717) is 12.1 Å². The fourth-order valence-corrected chi connectivity index (χ4v) is 2.44. The van der Waals surface area contributed by atoms with Crippen LogP contribution in [0.2, 0.25) is 0 Å². The molecule has 1 atom stereocenters. The number of carbonyl (C=O) groups is 4. The summed E-state index contributed by atoms with van der Waals surface area (Å²) in [5, 5.41) is 7.06. The first kappa shape index (κ1) is 17.5. The number of nitrogens with zero attached hydrogens (tertiary/aromatic N) is 1. The van der Waals surface area contributed by atoms with Crippen LogP contribution in [0.25, 0.3) is 0 Å². The Morgan fingerprint density at radius 3 is 2.42 bits per heavy atom. The van der Waals surface area contributed by atoms with E-state index >= 15 is 0 Å². The van der Waals surface area contributed by atoms with Gasteiger partial charge in [-0.05, 0) is 26.3 Å². The van der Waals surface area contributed by atoms with Gasteiger partial charge in [-0.15, -0.1) is 0 Å². The van der Waals surface area contributed by atoms with Gasteiger partial charge < -0.3 is 10.6 Å². The molecule has 0 aromatic heterocycles. The lowest BCUT2D eigenvalue weighted by atomic mass is 9.91. The summed E-state index contributed by atoms with van der Waals surface area (Å²) < 4.78 is 0. The number of benzene rings is 1. The highest BCUT2D eigenvalue weighted by atomic mass is 16.2. The van der Waals surface area contributed by atoms with Crippen LogP contribution in [0.1, 0.15) is 25.0 Å². The first-order valence-corrected chi connectivity index (χ1v) is 7.57. The van der Waals surface area contributed by atoms with Crippen molar-refractivity contribution in [1.29, 1.82) is 0 Å². The summed E-state index contributed by atoms with van der Waals surface area (Å²) >= 11 is 0. The lowest BCUT2D eigenvalue weighted by molar-refractivity contribution is -0.134. The highest BCUT2D eigenvalue weighted by Gasteiger charge is 2.49. The van der Waals surface area contributed by atoms with E-state index in [1.165, 1.54) is 0 Å². The predicted molar refractivity (Wildman–Crippen MR) is 86.0 cm³/mol. The quantitative estimate of drug-likeness (QED) is 0.702. The van der Waals surface area contributed by atoms with E-state index in [2.05, 4.69) is 16.0 Å². The minimum atomic E-state index is -1.24. The van der Waals surface area contributed by atoms with Crippen molar-refractivity contribution < 1.29 is 19.2 Å². The topological polar surface area (TPSA) is 108 Å². The minimum Gasteiger partial charge on any atom is -0.338 e. The van der Waals surface area contributed by atoms with Gasteiger partial charge in [-0.25, -0.2) is 9.59 Å². The average molecular weight is 332 g/mol. The molecule has 8 heteroatoms. The molecule has 1 aliphatic heterocycles. The molecule has 6 amide bonds. The molecule has 0 saturated carbocycles. The zero-order valence-electron chi connectivity index (χ0n) is 13.8. The maximum absolute atomic E-state index is 12.6. The molecule has 0 spiro atoms. The Bertz CT molecular complexity index is 686. The van der Waals surface area contributed by atoms with Crippen molar-refractivity contribution in [3.63, 3.8) is 0 Å². The second-order valence-corrected chi connectivity index (χ2v) is 5.72. The summed E-state index contributed by atoms with van der Waals surface area (Å²) in [7, 11) is 0. The number of aryl methyl sites for hydroxylation is 1. The molecule has 0 bridgehead atoms. The largest absolute Gasteiger partial charge is 0.338 e. The third-order valence-corrected chi connectivity index (χ3v) is 3.80. The molecule has 24 heavy (non-hydrogen) atoms. The van der Waals surface area contributed by atoms with Gasteiger partial charge in [0.1, 0.15) is 12.1 Å². The van der Waals surface area contributed by atoms with Gasteiger partial charge in [0.15, 0.2) is 0 Å². The monoisotopic (exact) mass is 332 g/mol. The van der Waals surface area contributed by atoms with Gasteiger partial charge >= 0.3 is 12.1 Å². The minimum absolute atomic E-state index is 0.355. The second-order valence-electron chi connectivity index (χ2n) is 5.72. The summed E-state index contributed by atoms with van der Waals surface area (Å²) in [5.41, 5.74) is 0.409. The number of hydrogen-bond acceptors (Lipinski definition) is 4. The zero-order valence-corrected chi connectivity index (χ0v) is 13.8. The zero-order chi connectivity index (χ0) is 17.9. The van der Waals surface area contributed by atoms with Crippen LogP contribution in [0.3, 0.4) is 0 Å². The van der Waals surface area contributed by atoms with Crippen LogP contribution < -0.4 is 16.0 Å². The van der Waals surface area contributed by atoms with Crippen LogP contribution in [0.5, 0.6) is 0 Å². The van der Waals surface area contributed by atoms with Crippen LogP contribution in [0, 0.1) is 6.92 Å². The first-order valence-electron chi connectivity index (χ1n) is 7.57. The Morgan fingerprint density at radius 1 is 1.21 bits per heavy atom. The van der Waals surface area contributed by atoms with Gasteiger partial charge in [-0.3, -0.25) is 19.8 Å². The van der Waals surface area contributed by atoms with Gasteiger partial charge in [0, 0.05) is 6.54 Å². The molecule has 1 heterocycles. The molecule has 1 aromatic carbocycles. The molecular weight excluding hydrogens is 312 g/mol. The van der Waals surface area contributed by atoms with E-state index in [1.807, 2.05) is 19.1 Å². The van der Waals surface area contributed by atoms with E-state index in [-0.39, 0.29) is 0 Å². The van der Waals surface area contributed by atoms with Crippen molar-refractivity contribution in [3.8, 4) is 0 Å². The Morgan fingerprint density at radius 2 is 1.83 bits per heavy atom. The van der Waals surface area contributed by atoms with E-state index in [1.54, 1.807) is 26.0 Å². The first-order chi connectivity index (χ1) is 11.3. The van der Waals surface area contributed by atoms with Gasteiger partial charge in [-0.1, -0.05) is 29.8 Å². The van der Waals surface area contributed by atoms with Gasteiger partial charge in [0.05, 0.1) is 0 Å². The number of imide groups is 2. The summed E-state index contributed by atoms with van der Waals surface area (Å²) in [5.74, 6) is -1.28. The molecule has 1 aliphatic rings. The van der Waals surface area contributed by atoms with Gasteiger partial charge in [0.25, 0.3) is 5.91 Å². The van der Waals surface area contributed by atoms with Crippen LogP contribution in [-0.4, -0.2) is 41.9 Å². The van der Waals surface area contributed by atoms with Crippen LogP contribution >= 0.6 is 0 Å². The highest BCUT2D eigenvalue weighted by Crippen LogP contribution is 2.28. The van der Waals surface area contributed by atoms with Crippen LogP contribution in [0.15, 0.2) is 24.3 Å². The van der Waals surface area contributed by atoms with E-state index < -0.39 is 36.0 Å². The summed E-state index contributed by atoms with van der Waals surface area (Å²) in [6.45, 7) is 5.03. The number of hydrogen-bond donors (Lipinski definition) is 3. The maximum atomic E-state index is 12.6. The number of urea groups is 2. The Kier molecular flexibility index (Phi) is 4.87. The molecule has 3 N–H and O–H groups in total. The Hall–Kier alpha value is -2.90. The number of rotatable bonds is 4. The second kappa shape index (κ2) is 6.69. The molecule has 0 radical (unpaired) electrons. The molecule has 1 aromatic rings. The van der Waals surface area contributed by atoms with Crippen molar-refractivity contribution in [2.45, 2.75) is 26.3 Å². The van der Waals surface area contributed by atoms with Crippen molar-refractivity contribution in [3.05, 3.63) is 35.4 Å². The molecular formula is C16H20N4O4. The van der Waals surface area contributed by atoms with E-state index in [4.69, 9.17) is 0 Å². The summed E-state index contributed by atoms with van der Waals surface area (Å²) in [4.78, 5) is 48.7. The van der Waals surface area contributed by atoms with E-state index in [9.17, 15) is 19.2 Å². The van der Waals surface area contributed by atoms with Crippen molar-refractivity contribution >= 4 is 23.9 Å². The predicted octanol–water partition coefficient (Wildman–Crippen LogP) is 0.608. The third-order valence-electron chi connectivity index (χ3n) is 3.80. The molecule has 2 rings (SSSR count). The molecule has 1 saturated heterocycles. The van der Waals surface area contributed by atoms with Crippen LogP contribution in [-0.2, 0) is 15.1 Å². The lowest BCUT2D eigenvalue weighted by Gasteiger charge is -2.22. The highest BCUT2D eigenvalue weighted by molar-refractivity contribution is 6.10. The third kappa shape index (κ3) is 3.37. The molecule has 0 unspecified atom stereocenters. The maximum Gasteiger partial charge on any atom is 0.325 e. The molecule has 1 fully saturated rings. The fourth-order valence-electron chi connectivity index (χ4n) is 2.44.